The summed E-state index contributed by atoms with van der Waals surface area (Å²) < 4.78 is 59.1. The molecule has 2 aromatic carbocycles. The Bertz CT molecular complexity index is 973. The van der Waals surface area contributed by atoms with Crippen LogP contribution in [0.3, 0.4) is 0 Å². The highest BCUT2D eigenvalue weighted by Gasteiger charge is 2.27. The molecule has 1 heterocycles. The predicted octanol–water partition coefficient (Wildman–Crippen LogP) is 2.55. The van der Waals surface area contributed by atoms with Crippen LogP contribution in [0.4, 0.5) is 14.5 Å². The number of carbonyl (C=O) groups excluding carboxylic acids is 1. The second-order valence-corrected chi connectivity index (χ2v) is 8.01. The van der Waals surface area contributed by atoms with Crippen LogP contribution in [0, 0.1) is 18.6 Å². The number of nitrogens with one attached hydrogen (secondary N) is 1. The minimum absolute atomic E-state index is 0.00464. The molecule has 0 spiro atoms. The highest BCUT2D eigenvalue weighted by atomic mass is 32.2. The molecular formula is C18H18F2N2O4S. The van der Waals surface area contributed by atoms with Crippen LogP contribution in [0.2, 0.25) is 0 Å². The van der Waals surface area contributed by atoms with Crippen molar-refractivity contribution in [2.24, 2.45) is 0 Å². The van der Waals surface area contributed by atoms with Crippen molar-refractivity contribution < 1.29 is 26.7 Å². The van der Waals surface area contributed by atoms with Crippen molar-refractivity contribution >= 4 is 21.6 Å². The monoisotopic (exact) mass is 396 g/mol. The lowest BCUT2D eigenvalue weighted by Gasteiger charge is -2.26. The molecule has 1 N–H and O–H groups in total. The quantitative estimate of drug-likeness (QED) is 0.862. The van der Waals surface area contributed by atoms with Crippen LogP contribution in [0.1, 0.15) is 15.9 Å². The van der Waals surface area contributed by atoms with Crippen LogP contribution in [0.15, 0.2) is 41.3 Å². The van der Waals surface area contributed by atoms with Gasteiger partial charge >= 0.3 is 0 Å². The van der Waals surface area contributed by atoms with Gasteiger partial charge in [-0.3, -0.25) is 4.79 Å². The van der Waals surface area contributed by atoms with Crippen molar-refractivity contribution in [3.63, 3.8) is 0 Å². The van der Waals surface area contributed by atoms with Crippen LogP contribution in [-0.4, -0.2) is 44.9 Å². The lowest BCUT2D eigenvalue weighted by Crippen LogP contribution is -2.40. The molecule has 0 aromatic heterocycles. The first kappa shape index (κ1) is 19.4. The number of benzene rings is 2. The number of hydrogen-bond donors (Lipinski definition) is 1. The zero-order valence-corrected chi connectivity index (χ0v) is 15.4. The average Bonchev–Trinajstić information content (AvgIpc) is 2.66. The van der Waals surface area contributed by atoms with E-state index >= 15 is 0 Å². The normalized spacial score (nSPS) is 15.5. The van der Waals surface area contributed by atoms with Gasteiger partial charge in [-0.25, -0.2) is 17.2 Å². The summed E-state index contributed by atoms with van der Waals surface area (Å²) in [6.07, 6.45) is 0. The van der Waals surface area contributed by atoms with Crippen molar-refractivity contribution in [1.82, 2.24) is 4.31 Å². The highest BCUT2D eigenvalue weighted by molar-refractivity contribution is 7.89. The summed E-state index contributed by atoms with van der Waals surface area (Å²) in [6.45, 7) is 2.78. The maximum Gasteiger partial charge on any atom is 0.258 e. The second kappa shape index (κ2) is 7.71. The zero-order chi connectivity index (χ0) is 19.6. The predicted molar refractivity (Wildman–Crippen MR) is 95.1 cm³/mol. The van der Waals surface area contributed by atoms with E-state index in [9.17, 15) is 22.0 Å². The number of ether oxygens (including phenoxy) is 1. The van der Waals surface area contributed by atoms with Crippen LogP contribution in [-0.2, 0) is 14.8 Å². The van der Waals surface area contributed by atoms with Gasteiger partial charge in [0.2, 0.25) is 10.0 Å². The number of morpholine rings is 1. The number of amides is 1. The minimum atomic E-state index is -3.75. The number of aryl methyl sites for hydroxylation is 1. The summed E-state index contributed by atoms with van der Waals surface area (Å²) in [5.74, 6) is -2.48. The number of halogens is 2. The van der Waals surface area contributed by atoms with Crippen LogP contribution in [0.5, 0.6) is 0 Å². The average molecular weight is 396 g/mol. The number of anilines is 1. The Morgan fingerprint density at radius 1 is 1.11 bits per heavy atom. The lowest BCUT2D eigenvalue weighted by atomic mass is 10.1. The molecule has 0 atom stereocenters. The fraction of sp³-hybridized carbons (Fsp3) is 0.278. The van der Waals surface area contributed by atoms with E-state index in [1.54, 1.807) is 13.0 Å². The first-order valence-corrected chi connectivity index (χ1v) is 9.68. The smallest absolute Gasteiger partial charge is 0.258 e. The van der Waals surface area contributed by atoms with Crippen molar-refractivity contribution in [1.29, 1.82) is 0 Å². The van der Waals surface area contributed by atoms with Gasteiger partial charge < -0.3 is 10.1 Å². The summed E-state index contributed by atoms with van der Waals surface area (Å²) in [6, 6.07) is 6.86. The molecule has 0 radical (unpaired) electrons. The number of sulfonamides is 1. The number of nitrogens with zero attached hydrogens (tertiary/aromatic N) is 1. The fourth-order valence-corrected chi connectivity index (χ4v) is 4.13. The largest absolute Gasteiger partial charge is 0.379 e. The summed E-state index contributed by atoms with van der Waals surface area (Å²) in [5.41, 5.74) is 0.329. The Kier molecular flexibility index (Phi) is 5.54. The van der Waals surface area contributed by atoms with Crippen molar-refractivity contribution in [3.8, 4) is 0 Å². The number of hydrogen-bond acceptors (Lipinski definition) is 4. The van der Waals surface area contributed by atoms with Gasteiger partial charge in [0.25, 0.3) is 5.91 Å². The molecule has 2 aromatic rings. The first-order valence-electron chi connectivity index (χ1n) is 8.24. The molecule has 1 aliphatic rings. The molecule has 0 saturated carbocycles. The Hall–Kier alpha value is -2.36. The van der Waals surface area contributed by atoms with Gasteiger partial charge in [-0.05, 0) is 42.8 Å². The van der Waals surface area contributed by atoms with Crippen molar-refractivity contribution in [3.05, 3.63) is 59.2 Å². The van der Waals surface area contributed by atoms with Crippen LogP contribution in [0.25, 0.3) is 0 Å². The van der Waals surface area contributed by atoms with Gasteiger partial charge in [0, 0.05) is 18.8 Å². The number of rotatable bonds is 4. The van der Waals surface area contributed by atoms with Gasteiger partial charge in [0.1, 0.15) is 11.6 Å². The van der Waals surface area contributed by atoms with Crippen molar-refractivity contribution in [2.75, 3.05) is 31.6 Å². The van der Waals surface area contributed by atoms with E-state index in [2.05, 4.69) is 5.32 Å². The molecule has 3 rings (SSSR count). The Morgan fingerprint density at radius 3 is 2.52 bits per heavy atom. The highest BCUT2D eigenvalue weighted by Crippen LogP contribution is 2.24. The van der Waals surface area contributed by atoms with Gasteiger partial charge in [0.15, 0.2) is 0 Å². The molecule has 1 aliphatic heterocycles. The Labute approximate surface area is 155 Å². The maximum atomic E-state index is 13.8. The van der Waals surface area contributed by atoms with Gasteiger partial charge in [-0.15, -0.1) is 0 Å². The zero-order valence-electron chi connectivity index (χ0n) is 14.5. The van der Waals surface area contributed by atoms with E-state index in [1.807, 2.05) is 0 Å². The van der Waals surface area contributed by atoms with E-state index in [0.717, 1.165) is 18.2 Å². The molecular weight excluding hydrogens is 378 g/mol. The molecule has 6 nitrogen and oxygen atoms in total. The molecule has 0 aliphatic carbocycles. The van der Waals surface area contributed by atoms with E-state index in [0.29, 0.717) is 18.8 Å². The Balaban J connectivity index is 1.89. The molecule has 9 heteroatoms. The van der Waals surface area contributed by atoms with Crippen LogP contribution >= 0.6 is 0 Å². The Morgan fingerprint density at radius 2 is 1.81 bits per heavy atom. The van der Waals surface area contributed by atoms with Crippen molar-refractivity contribution in [2.45, 2.75) is 11.8 Å². The number of carbonyl (C=O) groups is 1. The first-order chi connectivity index (χ1) is 12.8. The summed E-state index contributed by atoms with van der Waals surface area (Å²) in [7, 11) is -3.75. The van der Waals surface area contributed by atoms with Crippen LogP contribution < -0.4 is 5.32 Å². The summed E-state index contributed by atoms with van der Waals surface area (Å²) >= 11 is 0. The standard InChI is InChI=1S/C18H18F2N2O4S/c1-12-2-4-14(27(24,25)22-6-8-26-9-7-22)11-17(12)21-18(23)15-10-13(19)3-5-16(15)20/h2-5,10-11H,6-9H2,1H3,(H,21,23). The maximum absolute atomic E-state index is 13.8. The van der Waals surface area contributed by atoms with Gasteiger partial charge in [-0.2, -0.15) is 4.31 Å². The van der Waals surface area contributed by atoms with E-state index in [-0.39, 0.29) is 23.7 Å². The SMILES string of the molecule is Cc1ccc(S(=O)(=O)N2CCOCC2)cc1NC(=O)c1cc(F)ccc1F. The molecule has 27 heavy (non-hydrogen) atoms. The van der Waals surface area contributed by atoms with Gasteiger partial charge in [0.05, 0.1) is 23.7 Å². The third-order valence-corrected chi connectivity index (χ3v) is 6.13. The van der Waals surface area contributed by atoms with E-state index < -0.39 is 33.1 Å². The topological polar surface area (TPSA) is 75.7 Å². The summed E-state index contributed by atoms with van der Waals surface area (Å²) in [4.78, 5) is 12.3. The fourth-order valence-electron chi connectivity index (χ4n) is 2.69. The third-order valence-electron chi connectivity index (χ3n) is 4.24. The van der Waals surface area contributed by atoms with Gasteiger partial charge in [-0.1, -0.05) is 6.07 Å². The minimum Gasteiger partial charge on any atom is -0.379 e. The molecule has 144 valence electrons. The second-order valence-electron chi connectivity index (χ2n) is 6.07. The molecule has 1 saturated heterocycles. The molecule has 0 unspecified atom stereocenters. The molecule has 1 fully saturated rings. The van der Waals surface area contributed by atoms with E-state index in [1.165, 1.54) is 16.4 Å². The summed E-state index contributed by atoms with van der Waals surface area (Å²) in [5, 5.41) is 2.46. The molecule has 0 bridgehead atoms. The third kappa shape index (κ3) is 4.15. The molecule has 1 amide bonds. The van der Waals surface area contributed by atoms with E-state index in [4.69, 9.17) is 4.74 Å². The lowest BCUT2D eigenvalue weighted by molar-refractivity contribution is 0.0730.